The molecule has 0 aliphatic heterocycles. The van der Waals surface area contributed by atoms with Crippen molar-refractivity contribution in [2.75, 3.05) is 0 Å². The van der Waals surface area contributed by atoms with E-state index in [1.54, 1.807) is 24.3 Å². The normalized spacial score (nSPS) is 11.6. The van der Waals surface area contributed by atoms with Crippen LogP contribution < -0.4 is 0 Å². The van der Waals surface area contributed by atoms with Crippen LogP contribution in [0.5, 0.6) is 0 Å². The summed E-state index contributed by atoms with van der Waals surface area (Å²) in [5, 5.41) is 0. The van der Waals surface area contributed by atoms with Crippen molar-refractivity contribution in [1.29, 1.82) is 0 Å². The lowest BCUT2D eigenvalue weighted by Crippen LogP contribution is -1.87. The SMILES string of the molecule is CCCCCCCc1ccc(C#Cc2ccc(/C(F)=C(/F)CCCC)cc2)cc1. The second-order valence-corrected chi connectivity index (χ2v) is 7.51. The van der Waals surface area contributed by atoms with E-state index in [0.29, 0.717) is 6.42 Å². The van der Waals surface area contributed by atoms with E-state index in [2.05, 4.69) is 30.9 Å². The number of benzene rings is 2. The average Bonchev–Trinajstić information content (AvgIpc) is 2.76. The molecular weight excluding hydrogens is 362 g/mol. The van der Waals surface area contributed by atoms with Crippen molar-refractivity contribution in [2.24, 2.45) is 0 Å². The van der Waals surface area contributed by atoms with Crippen molar-refractivity contribution >= 4 is 5.83 Å². The molecule has 2 heteroatoms. The van der Waals surface area contributed by atoms with E-state index >= 15 is 0 Å². The van der Waals surface area contributed by atoms with Gasteiger partial charge in [-0.25, -0.2) is 8.78 Å². The molecule has 2 aromatic carbocycles. The Labute approximate surface area is 175 Å². The molecule has 29 heavy (non-hydrogen) atoms. The Balaban J connectivity index is 1.92. The van der Waals surface area contributed by atoms with Gasteiger partial charge >= 0.3 is 0 Å². The van der Waals surface area contributed by atoms with Crippen molar-refractivity contribution in [3.63, 3.8) is 0 Å². The van der Waals surface area contributed by atoms with E-state index in [1.807, 2.05) is 19.1 Å². The standard InChI is InChI=1S/C27H32F2/c1-3-5-7-8-9-10-22-12-14-23(15-13-22)16-17-24-18-20-25(21-19-24)27(29)26(28)11-6-4-2/h12-15,18-21H,3-11H2,1-2H3/b27-26-. The second-order valence-electron chi connectivity index (χ2n) is 7.51. The predicted molar refractivity (Wildman–Crippen MR) is 120 cm³/mol. The molecule has 0 N–H and O–H groups in total. The van der Waals surface area contributed by atoms with Crippen LogP contribution in [0.25, 0.3) is 5.83 Å². The minimum absolute atomic E-state index is 0.151. The topological polar surface area (TPSA) is 0 Å². The average molecular weight is 395 g/mol. The summed E-state index contributed by atoms with van der Waals surface area (Å²) < 4.78 is 27.9. The second kappa shape index (κ2) is 12.9. The highest BCUT2D eigenvalue weighted by Crippen LogP contribution is 2.25. The van der Waals surface area contributed by atoms with Crippen LogP contribution in [0.1, 0.15) is 87.5 Å². The first-order valence-electron chi connectivity index (χ1n) is 10.9. The highest BCUT2D eigenvalue weighted by Gasteiger charge is 2.08. The molecule has 0 atom stereocenters. The Hall–Kier alpha value is -2.40. The molecule has 0 saturated carbocycles. The summed E-state index contributed by atoms with van der Waals surface area (Å²) in [5.41, 5.74) is 3.37. The van der Waals surface area contributed by atoms with Gasteiger partial charge in [-0.2, -0.15) is 0 Å². The first kappa shape index (κ1) is 22.9. The molecule has 2 aromatic rings. The zero-order chi connectivity index (χ0) is 20.9. The fraction of sp³-hybridized carbons (Fsp3) is 0.407. The molecule has 0 nitrogen and oxygen atoms in total. The van der Waals surface area contributed by atoms with Gasteiger partial charge in [0.05, 0.1) is 0 Å². The molecular formula is C27H32F2. The Morgan fingerprint density at radius 3 is 1.83 bits per heavy atom. The third kappa shape index (κ3) is 8.24. The van der Waals surface area contributed by atoms with Crippen LogP contribution in [0.3, 0.4) is 0 Å². The van der Waals surface area contributed by atoms with Gasteiger partial charge < -0.3 is 0 Å². The number of aryl methyl sites for hydroxylation is 1. The molecule has 0 unspecified atom stereocenters. The summed E-state index contributed by atoms with van der Waals surface area (Å²) in [7, 11) is 0. The fourth-order valence-corrected chi connectivity index (χ4v) is 3.13. The summed E-state index contributed by atoms with van der Waals surface area (Å²) in [6.45, 7) is 4.19. The molecule has 0 amide bonds. The maximum Gasteiger partial charge on any atom is 0.161 e. The van der Waals surface area contributed by atoms with E-state index in [0.717, 1.165) is 24.0 Å². The first-order chi connectivity index (χ1) is 14.1. The molecule has 0 bridgehead atoms. The van der Waals surface area contributed by atoms with Crippen LogP contribution >= 0.6 is 0 Å². The summed E-state index contributed by atoms with van der Waals surface area (Å²) in [6.07, 6.45) is 9.22. The van der Waals surface area contributed by atoms with Gasteiger partial charge in [0.2, 0.25) is 0 Å². The number of unbranched alkanes of at least 4 members (excludes halogenated alkanes) is 5. The van der Waals surface area contributed by atoms with Crippen LogP contribution in [0.4, 0.5) is 8.78 Å². The van der Waals surface area contributed by atoms with Crippen molar-refractivity contribution in [3.8, 4) is 11.8 Å². The van der Waals surface area contributed by atoms with Gasteiger partial charge in [-0.15, -0.1) is 0 Å². The van der Waals surface area contributed by atoms with Crippen LogP contribution in [-0.2, 0) is 6.42 Å². The largest absolute Gasteiger partial charge is 0.209 e. The zero-order valence-electron chi connectivity index (χ0n) is 17.7. The van der Waals surface area contributed by atoms with Crippen LogP contribution in [0.2, 0.25) is 0 Å². The van der Waals surface area contributed by atoms with Gasteiger partial charge in [0.25, 0.3) is 0 Å². The Kier molecular flexibility index (Phi) is 10.2. The van der Waals surface area contributed by atoms with Crippen LogP contribution in [0.15, 0.2) is 54.4 Å². The minimum Gasteiger partial charge on any atom is -0.209 e. The Morgan fingerprint density at radius 1 is 0.690 bits per heavy atom. The molecule has 0 heterocycles. The number of hydrogen-bond donors (Lipinski definition) is 0. The predicted octanol–water partition coefficient (Wildman–Crippen LogP) is 8.40. The van der Waals surface area contributed by atoms with Crippen molar-refractivity contribution < 1.29 is 8.78 Å². The molecule has 154 valence electrons. The first-order valence-corrected chi connectivity index (χ1v) is 10.9. The van der Waals surface area contributed by atoms with E-state index in [1.165, 1.54) is 37.7 Å². The third-order valence-electron chi connectivity index (χ3n) is 5.00. The van der Waals surface area contributed by atoms with Gasteiger partial charge in [0.1, 0.15) is 5.83 Å². The molecule has 0 radical (unpaired) electrons. The summed E-state index contributed by atoms with van der Waals surface area (Å²) in [6, 6.07) is 15.0. The van der Waals surface area contributed by atoms with Crippen LogP contribution in [0, 0.1) is 11.8 Å². The van der Waals surface area contributed by atoms with Crippen molar-refractivity contribution in [3.05, 3.63) is 76.6 Å². The Morgan fingerprint density at radius 2 is 1.24 bits per heavy atom. The lowest BCUT2D eigenvalue weighted by molar-refractivity contribution is 0.548. The summed E-state index contributed by atoms with van der Waals surface area (Å²) >= 11 is 0. The van der Waals surface area contributed by atoms with Gasteiger partial charge in [-0.3, -0.25) is 0 Å². The number of rotatable bonds is 10. The molecule has 0 saturated heterocycles. The zero-order valence-corrected chi connectivity index (χ0v) is 17.7. The van der Waals surface area contributed by atoms with E-state index in [9.17, 15) is 8.78 Å². The summed E-state index contributed by atoms with van der Waals surface area (Å²) in [5.74, 6) is 4.80. The Bertz CT molecular complexity index is 818. The smallest absolute Gasteiger partial charge is 0.161 e. The monoisotopic (exact) mass is 394 g/mol. The number of halogens is 2. The van der Waals surface area contributed by atoms with Crippen LogP contribution in [-0.4, -0.2) is 0 Å². The number of hydrogen-bond acceptors (Lipinski definition) is 0. The van der Waals surface area contributed by atoms with E-state index in [4.69, 9.17) is 0 Å². The highest BCUT2D eigenvalue weighted by atomic mass is 19.2. The summed E-state index contributed by atoms with van der Waals surface area (Å²) in [4.78, 5) is 0. The maximum absolute atomic E-state index is 14.1. The van der Waals surface area contributed by atoms with Gasteiger partial charge in [0.15, 0.2) is 5.83 Å². The van der Waals surface area contributed by atoms with Gasteiger partial charge in [0, 0.05) is 23.1 Å². The third-order valence-corrected chi connectivity index (χ3v) is 5.00. The van der Waals surface area contributed by atoms with E-state index in [-0.39, 0.29) is 12.0 Å². The molecule has 0 aliphatic rings. The van der Waals surface area contributed by atoms with Crippen molar-refractivity contribution in [1.82, 2.24) is 0 Å². The molecule has 0 spiro atoms. The lowest BCUT2D eigenvalue weighted by Gasteiger charge is -2.02. The molecule has 0 fully saturated rings. The maximum atomic E-state index is 14.1. The quantitative estimate of drug-likeness (QED) is 0.280. The minimum atomic E-state index is -0.761. The lowest BCUT2D eigenvalue weighted by atomic mass is 10.0. The van der Waals surface area contributed by atoms with Gasteiger partial charge in [-0.1, -0.05) is 82.1 Å². The molecule has 0 aromatic heterocycles. The van der Waals surface area contributed by atoms with Gasteiger partial charge in [-0.05, 0) is 49.1 Å². The van der Waals surface area contributed by atoms with E-state index < -0.39 is 11.7 Å². The highest BCUT2D eigenvalue weighted by molar-refractivity contribution is 5.62. The number of allylic oxidation sites excluding steroid dienone is 1. The molecule has 0 aliphatic carbocycles. The molecule has 2 rings (SSSR count). The van der Waals surface area contributed by atoms with Crippen molar-refractivity contribution in [2.45, 2.75) is 71.6 Å². The fourth-order valence-electron chi connectivity index (χ4n) is 3.13.